The van der Waals surface area contributed by atoms with E-state index in [0.717, 1.165) is 0 Å². The van der Waals surface area contributed by atoms with Gasteiger partial charge >= 0.3 is 0 Å². The second-order valence-corrected chi connectivity index (χ2v) is 5.18. The van der Waals surface area contributed by atoms with Crippen molar-refractivity contribution in [1.82, 2.24) is 5.32 Å². The molecule has 0 spiro atoms. The van der Waals surface area contributed by atoms with Gasteiger partial charge in [0.15, 0.2) is 0 Å². The minimum absolute atomic E-state index is 0.0978. The number of hydrogen-bond donors (Lipinski definition) is 2. The van der Waals surface area contributed by atoms with E-state index in [1.54, 1.807) is 19.1 Å². The van der Waals surface area contributed by atoms with E-state index >= 15 is 0 Å². The molecule has 1 atom stereocenters. The molecule has 1 heterocycles. The van der Waals surface area contributed by atoms with Crippen LogP contribution in [0.1, 0.15) is 33.5 Å². The molecule has 4 nitrogen and oxygen atoms in total. The van der Waals surface area contributed by atoms with Gasteiger partial charge in [-0.3, -0.25) is 4.79 Å². The molecule has 0 saturated carbocycles. The first-order valence-electron chi connectivity index (χ1n) is 5.28. The summed E-state index contributed by atoms with van der Waals surface area (Å²) in [5.41, 5.74) is -1.64. The first-order valence-corrected chi connectivity index (χ1v) is 5.28. The SMILES string of the molecule is CC(C)(C)C(=O)NCC(C)(O)c1ccco1. The minimum Gasteiger partial charge on any atom is -0.466 e. The molecule has 0 aromatic carbocycles. The van der Waals surface area contributed by atoms with Crippen LogP contribution >= 0.6 is 0 Å². The maximum absolute atomic E-state index is 11.6. The lowest BCUT2D eigenvalue weighted by Crippen LogP contribution is -2.43. The first kappa shape index (κ1) is 12.8. The van der Waals surface area contributed by atoms with E-state index in [9.17, 15) is 9.90 Å². The zero-order chi connectivity index (χ0) is 12.4. The van der Waals surface area contributed by atoms with E-state index in [4.69, 9.17) is 4.42 Å². The minimum atomic E-state index is -1.18. The van der Waals surface area contributed by atoms with Gasteiger partial charge in [0.2, 0.25) is 5.91 Å². The average Bonchev–Trinajstić information content (AvgIpc) is 2.65. The molecule has 0 bridgehead atoms. The topological polar surface area (TPSA) is 62.5 Å². The zero-order valence-corrected chi connectivity index (χ0v) is 10.2. The van der Waals surface area contributed by atoms with Gasteiger partial charge in [0.1, 0.15) is 11.4 Å². The quantitative estimate of drug-likeness (QED) is 0.822. The lowest BCUT2D eigenvalue weighted by molar-refractivity contribution is -0.129. The summed E-state index contributed by atoms with van der Waals surface area (Å²) >= 11 is 0. The molecule has 4 heteroatoms. The van der Waals surface area contributed by atoms with Gasteiger partial charge in [-0.05, 0) is 19.1 Å². The Morgan fingerprint density at radius 2 is 2.06 bits per heavy atom. The molecule has 2 N–H and O–H groups in total. The predicted molar refractivity (Wildman–Crippen MR) is 60.7 cm³/mol. The monoisotopic (exact) mass is 225 g/mol. The highest BCUT2D eigenvalue weighted by Crippen LogP contribution is 2.20. The first-order chi connectivity index (χ1) is 7.23. The van der Waals surface area contributed by atoms with Crippen LogP contribution in [0.4, 0.5) is 0 Å². The molecule has 1 aromatic heterocycles. The third-order valence-electron chi connectivity index (χ3n) is 2.33. The average molecular weight is 225 g/mol. The molecule has 0 fully saturated rings. The summed E-state index contributed by atoms with van der Waals surface area (Å²) < 4.78 is 5.11. The van der Waals surface area contributed by atoms with Crippen LogP contribution < -0.4 is 5.32 Å². The summed E-state index contributed by atoms with van der Waals surface area (Å²) in [7, 11) is 0. The molecule has 1 rings (SSSR count). The largest absolute Gasteiger partial charge is 0.466 e. The maximum atomic E-state index is 11.6. The molecule has 0 aliphatic heterocycles. The fourth-order valence-corrected chi connectivity index (χ4v) is 1.19. The smallest absolute Gasteiger partial charge is 0.225 e. The van der Waals surface area contributed by atoms with Crippen molar-refractivity contribution in [2.24, 2.45) is 5.41 Å². The van der Waals surface area contributed by atoms with Crippen molar-refractivity contribution in [3.8, 4) is 0 Å². The molecule has 1 amide bonds. The molecular formula is C12H19NO3. The summed E-state index contributed by atoms with van der Waals surface area (Å²) in [5.74, 6) is 0.348. The van der Waals surface area contributed by atoms with E-state index in [-0.39, 0.29) is 12.5 Å². The van der Waals surface area contributed by atoms with Gasteiger partial charge in [-0.1, -0.05) is 20.8 Å². The molecule has 1 unspecified atom stereocenters. The molecular weight excluding hydrogens is 206 g/mol. The highest BCUT2D eigenvalue weighted by molar-refractivity contribution is 5.81. The van der Waals surface area contributed by atoms with Crippen LogP contribution in [0, 0.1) is 5.41 Å². The molecule has 16 heavy (non-hydrogen) atoms. The van der Waals surface area contributed by atoms with Gasteiger partial charge in [-0.25, -0.2) is 0 Å². The van der Waals surface area contributed by atoms with Crippen molar-refractivity contribution in [3.05, 3.63) is 24.2 Å². The number of aliphatic hydroxyl groups is 1. The third kappa shape index (κ3) is 3.10. The van der Waals surface area contributed by atoms with Crippen molar-refractivity contribution in [2.45, 2.75) is 33.3 Å². The summed E-state index contributed by atoms with van der Waals surface area (Å²) in [6.45, 7) is 7.21. The van der Waals surface area contributed by atoms with Crippen LogP contribution in [0.5, 0.6) is 0 Å². The third-order valence-corrected chi connectivity index (χ3v) is 2.33. The highest BCUT2D eigenvalue weighted by atomic mass is 16.4. The van der Waals surface area contributed by atoms with Gasteiger partial charge in [-0.15, -0.1) is 0 Å². The van der Waals surface area contributed by atoms with Crippen LogP contribution in [0.15, 0.2) is 22.8 Å². The zero-order valence-electron chi connectivity index (χ0n) is 10.2. The molecule has 0 aliphatic carbocycles. The van der Waals surface area contributed by atoms with E-state index < -0.39 is 11.0 Å². The summed E-state index contributed by atoms with van der Waals surface area (Å²) in [4.78, 5) is 11.6. The van der Waals surface area contributed by atoms with Crippen molar-refractivity contribution in [3.63, 3.8) is 0 Å². The van der Waals surface area contributed by atoms with Crippen molar-refractivity contribution in [2.75, 3.05) is 6.54 Å². The lowest BCUT2D eigenvalue weighted by Gasteiger charge is -2.24. The van der Waals surface area contributed by atoms with Crippen LogP contribution in [0.3, 0.4) is 0 Å². The number of carbonyl (C=O) groups is 1. The van der Waals surface area contributed by atoms with Crippen LogP contribution in [0.25, 0.3) is 0 Å². The predicted octanol–water partition coefficient (Wildman–Crippen LogP) is 1.65. The second kappa shape index (κ2) is 4.29. The van der Waals surface area contributed by atoms with Crippen LogP contribution in [-0.4, -0.2) is 17.6 Å². The molecule has 0 saturated heterocycles. The van der Waals surface area contributed by atoms with Gasteiger partial charge in [0.05, 0.1) is 12.8 Å². The Morgan fingerprint density at radius 1 is 1.44 bits per heavy atom. The summed E-state index contributed by atoms with van der Waals surface area (Å²) in [6.07, 6.45) is 1.50. The van der Waals surface area contributed by atoms with Gasteiger partial charge in [0, 0.05) is 5.41 Å². The Bertz CT molecular complexity index is 347. The fourth-order valence-electron chi connectivity index (χ4n) is 1.19. The van der Waals surface area contributed by atoms with Crippen molar-refractivity contribution >= 4 is 5.91 Å². The van der Waals surface area contributed by atoms with Crippen molar-refractivity contribution in [1.29, 1.82) is 0 Å². The van der Waals surface area contributed by atoms with Gasteiger partial charge < -0.3 is 14.8 Å². The lowest BCUT2D eigenvalue weighted by atomic mass is 9.95. The Labute approximate surface area is 95.7 Å². The van der Waals surface area contributed by atoms with E-state index in [1.807, 2.05) is 20.8 Å². The number of nitrogens with one attached hydrogen (secondary N) is 1. The fraction of sp³-hybridized carbons (Fsp3) is 0.583. The second-order valence-electron chi connectivity index (χ2n) is 5.18. The van der Waals surface area contributed by atoms with Crippen molar-refractivity contribution < 1.29 is 14.3 Å². The molecule has 1 aromatic rings. The van der Waals surface area contributed by atoms with Gasteiger partial charge in [0.25, 0.3) is 0 Å². The standard InChI is InChI=1S/C12H19NO3/c1-11(2,3)10(14)13-8-12(4,15)9-6-5-7-16-9/h5-7,15H,8H2,1-4H3,(H,13,14). The van der Waals surface area contributed by atoms with Crippen LogP contribution in [-0.2, 0) is 10.4 Å². The highest BCUT2D eigenvalue weighted by Gasteiger charge is 2.29. The van der Waals surface area contributed by atoms with Crippen LogP contribution in [0.2, 0.25) is 0 Å². The maximum Gasteiger partial charge on any atom is 0.225 e. The Kier molecular flexibility index (Phi) is 3.43. The van der Waals surface area contributed by atoms with Gasteiger partial charge in [-0.2, -0.15) is 0 Å². The van der Waals surface area contributed by atoms with E-state index in [1.165, 1.54) is 6.26 Å². The number of rotatable bonds is 3. The summed E-state index contributed by atoms with van der Waals surface area (Å²) in [5, 5.41) is 12.8. The van der Waals surface area contributed by atoms with E-state index in [2.05, 4.69) is 5.32 Å². The number of carbonyl (C=O) groups excluding carboxylic acids is 1. The van der Waals surface area contributed by atoms with E-state index in [0.29, 0.717) is 5.76 Å². The Hall–Kier alpha value is -1.29. The number of furan rings is 1. The normalized spacial score (nSPS) is 15.6. The number of amides is 1. The number of hydrogen-bond acceptors (Lipinski definition) is 3. The molecule has 0 aliphatic rings. The Morgan fingerprint density at radius 3 is 2.50 bits per heavy atom. The summed E-state index contributed by atoms with van der Waals surface area (Å²) in [6, 6.07) is 3.39. The Balaban J connectivity index is 2.59. The molecule has 90 valence electrons. The molecule has 0 radical (unpaired) electrons.